The number of primary amides is 1. The third-order valence-corrected chi connectivity index (χ3v) is 4.64. The second kappa shape index (κ2) is 6.48. The number of fused-ring (bicyclic) bond motifs is 1. The molecule has 1 aliphatic rings. The van der Waals surface area contributed by atoms with Gasteiger partial charge < -0.3 is 10.6 Å². The molecule has 0 spiro atoms. The average molecular weight is 346 g/mol. The van der Waals surface area contributed by atoms with E-state index in [1.807, 2.05) is 35.2 Å². The normalized spacial score (nSPS) is 13.3. The average Bonchev–Trinajstić information content (AvgIpc) is 3.17. The van der Waals surface area contributed by atoms with E-state index in [1.165, 1.54) is 15.8 Å². The molecule has 6 heteroatoms. The van der Waals surface area contributed by atoms with Crippen molar-refractivity contribution in [2.45, 2.75) is 13.0 Å². The van der Waals surface area contributed by atoms with Crippen LogP contribution in [0.15, 0.2) is 60.8 Å². The number of nitrogens with two attached hydrogens (primary N) is 1. The minimum atomic E-state index is -0.597. The number of carbonyl (C=O) groups excluding carboxylic acids is 2. The molecule has 2 amide bonds. The van der Waals surface area contributed by atoms with Gasteiger partial charge in [-0.1, -0.05) is 36.4 Å². The summed E-state index contributed by atoms with van der Waals surface area (Å²) >= 11 is 0. The van der Waals surface area contributed by atoms with Gasteiger partial charge in [0.2, 0.25) is 0 Å². The van der Waals surface area contributed by atoms with Crippen LogP contribution < -0.4 is 5.73 Å². The van der Waals surface area contributed by atoms with Crippen molar-refractivity contribution in [2.24, 2.45) is 5.73 Å². The first-order chi connectivity index (χ1) is 12.6. The van der Waals surface area contributed by atoms with Crippen LogP contribution in [0.25, 0.3) is 5.69 Å². The standard InChI is InChI=1S/C20H18N4O2/c21-19(25)17-10-12-24(22-17)18-8-4-3-7-16(18)20(26)23-11-9-14-5-1-2-6-15(14)13-23/h1-8,10,12H,9,11,13H2,(H2,21,25). The summed E-state index contributed by atoms with van der Waals surface area (Å²) in [4.78, 5) is 26.3. The van der Waals surface area contributed by atoms with E-state index in [1.54, 1.807) is 18.3 Å². The SMILES string of the molecule is NC(=O)c1ccn(-c2ccccc2C(=O)N2CCc3ccccc3C2)n1. The Labute approximate surface area is 150 Å². The highest BCUT2D eigenvalue weighted by molar-refractivity contribution is 5.98. The highest BCUT2D eigenvalue weighted by Gasteiger charge is 2.24. The van der Waals surface area contributed by atoms with E-state index in [4.69, 9.17) is 5.73 Å². The summed E-state index contributed by atoms with van der Waals surface area (Å²) in [6, 6.07) is 17.0. The van der Waals surface area contributed by atoms with Gasteiger partial charge in [0.1, 0.15) is 5.69 Å². The first-order valence-electron chi connectivity index (χ1n) is 8.44. The Kier molecular flexibility index (Phi) is 4.01. The van der Waals surface area contributed by atoms with E-state index in [2.05, 4.69) is 17.2 Å². The number of nitrogens with zero attached hydrogens (tertiary/aromatic N) is 3. The molecule has 26 heavy (non-hydrogen) atoms. The number of carbonyl (C=O) groups is 2. The number of hydrogen-bond acceptors (Lipinski definition) is 3. The molecule has 3 aromatic rings. The maximum Gasteiger partial charge on any atom is 0.269 e. The first kappa shape index (κ1) is 16.1. The van der Waals surface area contributed by atoms with Gasteiger partial charge in [-0.2, -0.15) is 5.10 Å². The van der Waals surface area contributed by atoms with E-state index in [0.717, 1.165) is 6.42 Å². The number of benzene rings is 2. The van der Waals surface area contributed by atoms with E-state index in [0.29, 0.717) is 24.3 Å². The molecule has 0 aliphatic carbocycles. The maximum atomic E-state index is 13.1. The Bertz CT molecular complexity index is 993. The van der Waals surface area contributed by atoms with Gasteiger partial charge >= 0.3 is 0 Å². The lowest BCUT2D eigenvalue weighted by Gasteiger charge is -2.29. The third kappa shape index (κ3) is 2.86. The van der Waals surface area contributed by atoms with E-state index >= 15 is 0 Å². The van der Waals surface area contributed by atoms with Gasteiger partial charge in [-0.05, 0) is 35.7 Å². The van der Waals surface area contributed by atoms with Crippen molar-refractivity contribution in [3.63, 3.8) is 0 Å². The van der Waals surface area contributed by atoms with Crippen molar-refractivity contribution in [1.29, 1.82) is 0 Å². The van der Waals surface area contributed by atoms with Gasteiger partial charge in [0.25, 0.3) is 11.8 Å². The highest BCUT2D eigenvalue weighted by atomic mass is 16.2. The largest absolute Gasteiger partial charge is 0.364 e. The molecule has 0 radical (unpaired) electrons. The van der Waals surface area contributed by atoms with Gasteiger partial charge in [-0.25, -0.2) is 4.68 Å². The molecule has 0 atom stereocenters. The predicted octanol–water partition coefficient (Wildman–Crippen LogP) is 2.17. The first-order valence-corrected chi connectivity index (χ1v) is 8.44. The van der Waals surface area contributed by atoms with Gasteiger partial charge in [-0.15, -0.1) is 0 Å². The summed E-state index contributed by atoms with van der Waals surface area (Å²) in [5.41, 5.74) is 9.09. The van der Waals surface area contributed by atoms with Crippen molar-refractivity contribution in [2.75, 3.05) is 6.54 Å². The fourth-order valence-corrected chi connectivity index (χ4v) is 3.28. The number of amides is 2. The summed E-state index contributed by atoms with van der Waals surface area (Å²) in [6.07, 6.45) is 2.48. The molecule has 4 rings (SSSR count). The van der Waals surface area contributed by atoms with Gasteiger partial charge in [0.05, 0.1) is 11.3 Å². The fraction of sp³-hybridized carbons (Fsp3) is 0.150. The van der Waals surface area contributed by atoms with E-state index < -0.39 is 5.91 Å². The maximum absolute atomic E-state index is 13.1. The molecule has 0 bridgehead atoms. The predicted molar refractivity (Wildman–Crippen MR) is 97.0 cm³/mol. The van der Waals surface area contributed by atoms with Crippen LogP contribution in [0.4, 0.5) is 0 Å². The number of aromatic nitrogens is 2. The topological polar surface area (TPSA) is 81.2 Å². The van der Waals surface area contributed by atoms with Crippen molar-refractivity contribution >= 4 is 11.8 Å². The molecule has 1 aromatic heterocycles. The zero-order valence-electron chi connectivity index (χ0n) is 14.1. The van der Waals surface area contributed by atoms with Crippen LogP contribution in [0.2, 0.25) is 0 Å². The minimum Gasteiger partial charge on any atom is -0.364 e. The summed E-state index contributed by atoms with van der Waals surface area (Å²) in [5, 5.41) is 4.18. The molecule has 130 valence electrons. The molecule has 0 fully saturated rings. The fourth-order valence-electron chi connectivity index (χ4n) is 3.28. The van der Waals surface area contributed by atoms with Crippen LogP contribution in [0.3, 0.4) is 0 Å². The minimum absolute atomic E-state index is 0.0498. The molecule has 0 unspecified atom stereocenters. The van der Waals surface area contributed by atoms with E-state index in [-0.39, 0.29) is 11.6 Å². The lowest BCUT2D eigenvalue weighted by Crippen LogP contribution is -2.36. The summed E-state index contributed by atoms with van der Waals surface area (Å²) in [5.74, 6) is -0.647. The molecular weight excluding hydrogens is 328 g/mol. The van der Waals surface area contributed by atoms with Crippen LogP contribution in [-0.2, 0) is 13.0 Å². The van der Waals surface area contributed by atoms with Crippen molar-refractivity contribution in [1.82, 2.24) is 14.7 Å². The van der Waals surface area contributed by atoms with Gasteiger partial charge in [0, 0.05) is 19.3 Å². The van der Waals surface area contributed by atoms with Crippen molar-refractivity contribution < 1.29 is 9.59 Å². The lowest BCUT2D eigenvalue weighted by atomic mass is 9.99. The van der Waals surface area contributed by atoms with Crippen LogP contribution in [0.5, 0.6) is 0 Å². The monoisotopic (exact) mass is 346 g/mol. The number of rotatable bonds is 3. The molecular formula is C20H18N4O2. The van der Waals surface area contributed by atoms with Crippen molar-refractivity contribution in [3.8, 4) is 5.69 Å². The van der Waals surface area contributed by atoms with Crippen LogP contribution >= 0.6 is 0 Å². The Morgan fingerprint density at radius 3 is 2.46 bits per heavy atom. The molecule has 2 aromatic carbocycles. The zero-order chi connectivity index (χ0) is 18.1. The number of para-hydroxylation sites is 1. The van der Waals surface area contributed by atoms with Gasteiger partial charge in [-0.3, -0.25) is 9.59 Å². The molecule has 2 N–H and O–H groups in total. The van der Waals surface area contributed by atoms with Crippen LogP contribution in [0, 0.1) is 0 Å². The molecule has 1 aliphatic heterocycles. The second-order valence-electron chi connectivity index (χ2n) is 6.27. The smallest absolute Gasteiger partial charge is 0.269 e. The second-order valence-corrected chi connectivity index (χ2v) is 6.27. The van der Waals surface area contributed by atoms with Crippen molar-refractivity contribution in [3.05, 3.63) is 83.2 Å². The Balaban J connectivity index is 1.66. The third-order valence-electron chi connectivity index (χ3n) is 4.64. The summed E-state index contributed by atoms with van der Waals surface area (Å²) < 4.78 is 1.52. The Hall–Kier alpha value is -3.41. The Morgan fingerprint density at radius 1 is 0.962 bits per heavy atom. The quantitative estimate of drug-likeness (QED) is 0.789. The Morgan fingerprint density at radius 2 is 1.69 bits per heavy atom. The van der Waals surface area contributed by atoms with Gasteiger partial charge in [0.15, 0.2) is 0 Å². The zero-order valence-corrected chi connectivity index (χ0v) is 14.1. The van der Waals surface area contributed by atoms with Crippen LogP contribution in [0.1, 0.15) is 32.0 Å². The molecule has 6 nitrogen and oxygen atoms in total. The summed E-state index contributed by atoms with van der Waals surface area (Å²) in [7, 11) is 0. The lowest BCUT2D eigenvalue weighted by molar-refractivity contribution is 0.0734. The van der Waals surface area contributed by atoms with Crippen LogP contribution in [-0.4, -0.2) is 33.0 Å². The summed E-state index contributed by atoms with van der Waals surface area (Å²) in [6.45, 7) is 1.27. The number of hydrogen-bond donors (Lipinski definition) is 1. The molecule has 0 saturated heterocycles. The van der Waals surface area contributed by atoms with E-state index in [9.17, 15) is 9.59 Å². The molecule has 2 heterocycles. The molecule has 0 saturated carbocycles. The highest BCUT2D eigenvalue weighted by Crippen LogP contribution is 2.22.